The molecule has 1 aromatic rings. The third-order valence-corrected chi connectivity index (χ3v) is 3.25. The van der Waals surface area contributed by atoms with Crippen LogP contribution < -0.4 is 10.2 Å². The van der Waals surface area contributed by atoms with Gasteiger partial charge in [-0.2, -0.15) is 0 Å². The van der Waals surface area contributed by atoms with Gasteiger partial charge in [0.2, 0.25) is 0 Å². The lowest BCUT2D eigenvalue weighted by atomic mass is 10.1. The summed E-state index contributed by atoms with van der Waals surface area (Å²) in [6.45, 7) is 14.3. The summed E-state index contributed by atoms with van der Waals surface area (Å²) in [6, 6.07) is 5.66. The topological polar surface area (TPSA) is 15.3 Å². The first-order valence-electron chi connectivity index (χ1n) is 7.55. The van der Waals surface area contributed by atoms with Gasteiger partial charge in [0.15, 0.2) is 0 Å². The molecule has 0 spiro atoms. The Bertz CT molecular complexity index is 421. The highest BCUT2D eigenvalue weighted by Crippen LogP contribution is 2.27. The van der Waals surface area contributed by atoms with Crippen LogP contribution in [0.2, 0.25) is 0 Å². The minimum Gasteiger partial charge on any atom is -0.366 e. The Balaban J connectivity index is 3.09. The molecule has 0 aliphatic heterocycles. The molecule has 20 heavy (non-hydrogen) atoms. The van der Waals surface area contributed by atoms with Crippen molar-refractivity contribution in [2.45, 2.75) is 66.1 Å². The normalized spacial score (nSPS) is 12.0. The number of nitrogens with zero attached hydrogens (tertiary/aromatic N) is 1. The number of para-hydroxylation sites is 1. The van der Waals surface area contributed by atoms with Crippen LogP contribution >= 0.6 is 0 Å². The number of anilines is 1. The van der Waals surface area contributed by atoms with Crippen LogP contribution in [0.15, 0.2) is 18.2 Å². The van der Waals surface area contributed by atoms with Crippen LogP contribution in [0.25, 0.3) is 0 Å². The van der Waals surface area contributed by atoms with Crippen LogP contribution in [0.1, 0.15) is 53.5 Å². The standard InChI is InChI=1S/C17H29FN2/c1-7-11-20(13(2)3)16-14(9-8-10-15(16)18)12-19-17(4,5)6/h8-10,13,19H,7,11-12H2,1-6H3. The van der Waals surface area contributed by atoms with Crippen LogP contribution in [-0.2, 0) is 6.54 Å². The monoisotopic (exact) mass is 280 g/mol. The number of hydrogen-bond donors (Lipinski definition) is 1. The van der Waals surface area contributed by atoms with E-state index in [1.165, 1.54) is 0 Å². The van der Waals surface area contributed by atoms with E-state index in [-0.39, 0.29) is 11.4 Å². The lowest BCUT2D eigenvalue weighted by Crippen LogP contribution is -2.37. The SMILES string of the molecule is CCCN(c1c(F)cccc1CNC(C)(C)C)C(C)C. The van der Waals surface area contributed by atoms with Gasteiger partial charge >= 0.3 is 0 Å². The molecule has 0 aromatic heterocycles. The van der Waals surface area contributed by atoms with Gasteiger partial charge in [0.1, 0.15) is 5.82 Å². The smallest absolute Gasteiger partial charge is 0.146 e. The Morgan fingerprint density at radius 1 is 1.25 bits per heavy atom. The summed E-state index contributed by atoms with van der Waals surface area (Å²) in [5.74, 6) is -0.125. The Labute approximate surface area is 123 Å². The predicted octanol–water partition coefficient (Wildman–Crippen LogP) is 4.34. The van der Waals surface area contributed by atoms with Crippen molar-refractivity contribution in [1.29, 1.82) is 0 Å². The summed E-state index contributed by atoms with van der Waals surface area (Å²) in [6.07, 6.45) is 1.01. The maximum atomic E-state index is 14.3. The second kappa shape index (κ2) is 7.07. The first kappa shape index (κ1) is 17.0. The largest absolute Gasteiger partial charge is 0.366 e. The van der Waals surface area contributed by atoms with Crippen molar-refractivity contribution in [1.82, 2.24) is 5.32 Å². The van der Waals surface area contributed by atoms with Gasteiger partial charge in [-0.25, -0.2) is 4.39 Å². The number of rotatable bonds is 6. The van der Waals surface area contributed by atoms with E-state index < -0.39 is 0 Å². The molecule has 0 bridgehead atoms. The van der Waals surface area contributed by atoms with Gasteiger partial charge in [0, 0.05) is 24.7 Å². The van der Waals surface area contributed by atoms with Gasteiger partial charge < -0.3 is 10.2 Å². The molecule has 0 aliphatic carbocycles. The molecule has 0 aliphatic rings. The minimum atomic E-state index is -0.125. The molecular weight excluding hydrogens is 251 g/mol. The molecule has 1 N–H and O–H groups in total. The third-order valence-electron chi connectivity index (χ3n) is 3.25. The Morgan fingerprint density at radius 2 is 1.90 bits per heavy atom. The van der Waals surface area contributed by atoms with Crippen molar-refractivity contribution in [3.05, 3.63) is 29.6 Å². The number of nitrogens with one attached hydrogen (secondary N) is 1. The maximum absolute atomic E-state index is 14.3. The number of halogens is 1. The first-order valence-corrected chi connectivity index (χ1v) is 7.55. The first-order chi connectivity index (χ1) is 9.26. The minimum absolute atomic E-state index is 0.0248. The second-order valence-corrected chi connectivity index (χ2v) is 6.64. The quantitative estimate of drug-likeness (QED) is 0.834. The molecule has 3 heteroatoms. The van der Waals surface area contributed by atoms with E-state index in [4.69, 9.17) is 0 Å². The van der Waals surface area contributed by atoms with Gasteiger partial charge in [-0.05, 0) is 52.7 Å². The van der Waals surface area contributed by atoms with Crippen LogP contribution in [-0.4, -0.2) is 18.1 Å². The zero-order valence-corrected chi connectivity index (χ0v) is 13.8. The molecule has 0 heterocycles. The Morgan fingerprint density at radius 3 is 2.40 bits per heavy atom. The van der Waals surface area contributed by atoms with Crippen LogP contribution in [0.3, 0.4) is 0 Å². The van der Waals surface area contributed by atoms with E-state index in [2.05, 4.69) is 51.8 Å². The molecule has 0 amide bonds. The lowest BCUT2D eigenvalue weighted by molar-refractivity contribution is 0.423. The van der Waals surface area contributed by atoms with Crippen molar-refractivity contribution < 1.29 is 4.39 Å². The lowest BCUT2D eigenvalue weighted by Gasteiger charge is -2.32. The predicted molar refractivity (Wildman–Crippen MR) is 85.8 cm³/mol. The van der Waals surface area contributed by atoms with Crippen LogP contribution in [0.5, 0.6) is 0 Å². The van der Waals surface area contributed by atoms with Crippen molar-refractivity contribution in [2.24, 2.45) is 0 Å². The number of benzene rings is 1. The summed E-state index contributed by atoms with van der Waals surface area (Å²) < 4.78 is 14.3. The highest BCUT2D eigenvalue weighted by Gasteiger charge is 2.19. The molecule has 0 atom stereocenters. The third kappa shape index (κ3) is 4.78. The Hall–Kier alpha value is -1.09. The summed E-state index contributed by atoms with van der Waals surface area (Å²) in [4.78, 5) is 2.16. The van der Waals surface area contributed by atoms with Gasteiger partial charge in [-0.15, -0.1) is 0 Å². The zero-order valence-electron chi connectivity index (χ0n) is 13.8. The summed E-state index contributed by atoms with van der Waals surface area (Å²) in [7, 11) is 0. The Kier molecular flexibility index (Phi) is 6.00. The molecule has 0 unspecified atom stereocenters. The molecule has 0 fully saturated rings. The molecule has 0 radical (unpaired) electrons. The van der Waals surface area contributed by atoms with E-state index in [0.29, 0.717) is 12.6 Å². The average Bonchev–Trinajstić information content (AvgIpc) is 2.33. The molecule has 0 saturated heterocycles. The highest BCUT2D eigenvalue weighted by molar-refractivity contribution is 5.55. The summed E-state index contributed by atoms with van der Waals surface area (Å²) >= 11 is 0. The van der Waals surface area contributed by atoms with Crippen molar-refractivity contribution >= 4 is 5.69 Å². The highest BCUT2D eigenvalue weighted by atomic mass is 19.1. The van der Waals surface area contributed by atoms with E-state index in [1.807, 2.05) is 6.07 Å². The van der Waals surface area contributed by atoms with Crippen LogP contribution in [0.4, 0.5) is 10.1 Å². The van der Waals surface area contributed by atoms with Crippen LogP contribution in [0, 0.1) is 5.82 Å². The van der Waals surface area contributed by atoms with E-state index >= 15 is 0 Å². The molecule has 0 saturated carbocycles. The van der Waals surface area contributed by atoms with E-state index in [1.54, 1.807) is 12.1 Å². The average molecular weight is 280 g/mol. The fourth-order valence-corrected chi connectivity index (χ4v) is 2.25. The van der Waals surface area contributed by atoms with Crippen molar-refractivity contribution in [3.8, 4) is 0 Å². The van der Waals surface area contributed by atoms with E-state index in [9.17, 15) is 4.39 Å². The maximum Gasteiger partial charge on any atom is 0.146 e. The molecule has 114 valence electrons. The molecular formula is C17H29FN2. The van der Waals surface area contributed by atoms with Gasteiger partial charge in [0.25, 0.3) is 0 Å². The van der Waals surface area contributed by atoms with Gasteiger partial charge in [-0.3, -0.25) is 0 Å². The fourth-order valence-electron chi connectivity index (χ4n) is 2.25. The zero-order chi connectivity index (χ0) is 15.3. The van der Waals surface area contributed by atoms with Crippen molar-refractivity contribution in [3.63, 3.8) is 0 Å². The van der Waals surface area contributed by atoms with Gasteiger partial charge in [-0.1, -0.05) is 19.1 Å². The molecule has 1 rings (SSSR count). The summed E-state index contributed by atoms with van der Waals surface area (Å²) in [5.41, 5.74) is 1.81. The fraction of sp³-hybridized carbons (Fsp3) is 0.647. The van der Waals surface area contributed by atoms with Crippen molar-refractivity contribution in [2.75, 3.05) is 11.4 Å². The summed E-state index contributed by atoms with van der Waals surface area (Å²) in [5, 5.41) is 3.45. The van der Waals surface area contributed by atoms with Gasteiger partial charge in [0.05, 0.1) is 5.69 Å². The molecule has 1 aromatic carbocycles. The second-order valence-electron chi connectivity index (χ2n) is 6.64. The number of hydrogen-bond acceptors (Lipinski definition) is 2. The van der Waals surface area contributed by atoms with E-state index in [0.717, 1.165) is 24.2 Å². The molecule has 2 nitrogen and oxygen atoms in total.